The molecule has 1 amide bonds. The van der Waals surface area contributed by atoms with Gasteiger partial charge in [-0.05, 0) is 61.0 Å². The number of carbonyl (C=O) groups is 1. The summed E-state index contributed by atoms with van der Waals surface area (Å²) in [7, 11) is 0. The summed E-state index contributed by atoms with van der Waals surface area (Å²) < 4.78 is 0. The molecular formula is C26H22ClN3OS2. The molecule has 0 unspecified atom stereocenters. The number of amides is 1. The molecule has 2 heterocycles. The molecule has 5 rings (SSSR count). The second kappa shape index (κ2) is 9.67. The summed E-state index contributed by atoms with van der Waals surface area (Å²) in [4.78, 5) is 24.4. The van der Waals surface area contributed by atoms with Crippen LogP contribution in [0.4, 0.5) is 11.4 Å². The fraction of sp³-hybridized carbons (Fsp3) is 0.154. The Hall–Kier alpha value is -2.67. The Morgan fingerprint density at radius 2 is 1.70 bits per heavy atom. The van der Waals surface area contributed by atoms with Crippen LogP contribution in [0.1, 0.15) is 12.5 Å². The Kier molecular flexibility index (Phi) is 6.49. The molecule has 2 aliphatic heterocycles. The minimum atomic E-state index is 0.00506. The zero-order valence-corrected chi connectivity index (χ0v) is 20.5. The van der Waals surface area contributed by atoms with E-state index in [-0.39, 0.29) is 5.91 Å². The summed E-state index contributed by atoms with van der Waals surface area (Å²) >= 11 is 9.29. The topological polar surface area (TPSA) is 35.9 Å². The van der Waals surface area contributed by atoms with Gasteiger partial charge < -0.3 is 4.90 Å². The Bertz CT molecular complexity index is 1260. The third kappa shape index (κ3) is 4.56. The summed E-state index contributed by atoms with van der Waals surface area (Å²) in [5.41, 5.74) is 3.08. The number of carbonyl (C=O) groups excluding carboxylic acids is 1. The number of nitrogens with zero attached hydrogens (tertiary/aromatic N) is 3. The van der Waals surface area contributed by atoms with Crippen LogP contribution in [0.15, 0.2) is 98.7 Å². The second-order valence-electron chi connectivity index (χ2n) is 7.62. The van der Waals surface area contributed by atoms with Crippen LogP contribution in [-0.4, -0.2) is 29.1 Å². The lowest BCUT2D eigenvalue weighted by Gasteiger charge is -2.19. The van der Waals surface area contributed by atoms with E-state index in [1.165, 1.54) is 22.2 Å². The minimum absolute atomic E-state index is 0.00506. The maximum Gasteiger partial charge on any atom is 0.269 e. The highest BCUT2D eigenvalue weighted by molar-refractivity contribution is 8.19. The maximum atomic E-state index is 13.7. The molecule has 1 saturated heterocycles. The molecule has 0 aliphatic carbocycles. The highest BCUT2D eigenvalue weighted by Crippen LogP contribution is 2.50. The molecule has 0 saturated carbocycles. The van der Waals surface area contributed by atoms with Crippen molar-refractivity contribution < 1.29 is 4.79 Å². The fourth-order valence-electron chi connectivity index (χ4n) is 3.87. The van der Waals surface area contributed by atoms with E-state index in [1.807, 2.05) is 54.6 Å². The van der Waals surface area contributed by atoms with Crippen molar-refractivity contribution >= 4 is 57.6 Å². The van der Waals surface area contributed by atoms with E-state index in [1.54, 1.807) is 16.7 Å². The molecule has 33 heavy (non-hydrogen) atoms. The molecule has 0 radical (unpaired) electrons. The Morgan fingerprint density at radius 3 is 2.48 bits per heavy atom. The van der Waals surface area contributed by atoms with E-state index in [0.717, 1.165) is 34.3 Å². The molecular weight excluding hydrogens is 470 g/mol. The lowest BCUT2D eigenvalue weighted by atomic mass is 10.1. The number of hydrogen-bond acceptors (Lipinski definition) is 5. The largest absolute Gasteiger partial charge is 0.334 e. The number of anilines is 1. The predicted molar refractivity (Wildman–Crippen MR) is 140 cm³/mol. The monoisotopic (exact) mass is 491 g/mol. The first-order chi connectivity index (χ1) is 16.1. The number of rotatable bonds is 5. The Morgan fingerprint density at radius 1 is 0.909 bits per heavy atom. The summed E-state index contributed by atoms with van der Waals surface area (Å²) in [6.45, 7) is 3.47. The molecule has 4 nitrogen and oxygen atoms in total. The van der Waals surface area contributed by atoms with Crippen LogP contribution < -0.4 is 4.90 Å². The number of fused-ring (bicyclic) bond motifs is 1. The van der Waals surface area contributed by atoms with Crippen LogP contribution >= 0.6 is 35.1 Å². The lowest BCUT2D eigenvalue weighted by molar-refractivity contribution is -0.122. The van der Waals surface area contributed by atoms with Gasteiger partial charge in [0, 0.05) is 23.0 Å². The maximum absolute atomic E-state index is 13.7. The average molecular weight is 492 g/mol. The van der Waals surface area contributed by atoms with Crippen molar-refractivity contribution in [2.45, 2.75) is 18.2 Å². The second-order valence-corrected chi connectivity index (χ2v) is 10.1. The van der Waals surface area contributed by atoms with Crippen LogP contribution in [0.3, 0.4) is 0 Å². The van der Waals surface area contributed by atoms with E-state index >= 15 is 0 Å². The van der Waals surface area contributed by atoms with Crippen molar-refractivity contribution in [2.24, 2.45) is 4.99 Å². The minimum Gasteiger partial charge on any atom is -0.334 e. The van der Waals surface area contributed by atoms with Crippen LogP contribution in [0.5, 0.6) is 0 Å². The lowest BCUT2D eigenvalue weighted by Crippen LogP contribution is -2.32. The van der Waals surface area contributed by atoms with Gasteiger partial charge in [0.15, 0.2) is 5.17 Å². The van der Waals surface area contributed by atoms with E-state index in [4.69, 9.17) is 16.6 Å². The van der Waals surface area contributed by atoms with E-state index in [2.05, 4.69) is 36.1 Å². The normalized spacial score (nSPS) is 19.0. The zero-order valence-electron chi connectivity index (χ0n) is 18.1. The van der Waals surface area contributed by atoms with Gasteiger partial charge in [0.2, 0.25) is 0 Å². The molecule has 0 bridgehead atoms. The van der Waals surface area contributed by atoms with Gasteiger partial charge in [-0.15, -0.1) is 0 Å². The SMILES string of the molecule is CCN1C(=C2SC(=Nc3cccc(Cl)c3)N(CCc3ccccc3)C2=O)Sc2ccccc21. The molecule has 7 heteroatoms. The zero-order chi connectivity index (χ0) is 22.8. The van der Waals surface area contributed by atoms with Crippen molar-refractivity contribution in [3.05, 3.63) is 99.4 Å². The average Bonchev–Trinajstić information content (AvgIpc) is 3.35. The number of aliphatic imine (C=N–C) groups is 1. The number of amidine groups is 1. The number of halogens is 1. The molecule has 3 aromatic rings. The first-order valence-corrected chi connectivity index (χ1v) is 12.8. The summed E-state index contributed by atoms with van der Waals surface area (Å²) in [5.74, 6) is 0.00506. The molecule has 0 N–H and O–H groups in total. The predicted octanol–water partition coefficient (Wildman–Crippen LogP) is 6.95. The van der Waals surface area contributed by atoms with Gasteiger partial charge in [-0.3, -0.25) is 9.69 Å². The van der Waals surface area contributed by atoms with Crippen molar-refractivity contribution in [1.82, 2.24) is 4.90 Å². The van der Waals surface area contributed by atoms with Gasteiger partial charge in [-0.25, -0.2) is 4.99 Å². The van der Waals surface area contributed by atoms with E-state index < -0.39 is 0 Å². The number of para-hydroxylation sites is 1. The standard InChI is InChI=1S/C26H22ClN3OS2/c1-2-29-21-13-6-7-14-22(21)32-25(29)23-24(31)30(16-15-18-9-4-3-5-10-18)26(33-23)28-20-12-8-11-19(27)17-20/h3-14,17H,2,15-16H2,1H3. The molecule has 2 aliphatic rings. The highest BCUT2D eigenvalue weighted by atomic mass is 35.5. The number of thioether (sulfide) groups is 2. The van der Waals surface area contributed by atoms with Gasteiger partial charge in [0.25, 0.3) is 5.91 Å². The quantitative estimate of drug-likeness (QED) is 0.362. The third-order valence-electron chi connectivity index (χ3n) is 5.48. The molecule has 1 fully saturated rings. The van der Waals surface area contributed by atoms with Crippen LogP contribution in [0.25, 0.3) is 0 Å². The van der Waals surface area contributed by atoms with Crippen LogP contribution in [0.2, 0.25) is 5.02 Å². The number of hydrogen-bond donors (Lipinski definition) is 0. The van der Waals surface area contributed by atoms with Gasteiger partial charge in [0.1, 0.15) is 9.93 Å². The Balaban J connectivity index is 1.52. The number of benzene rings is 3. The van der Waals surface area contributed by atoms with Gasteiger partial charge in [-0.2, -0.15) is 0 Å². The fourth-order valence-corrected chi connectivity index (χ4v) is 6.48. The smallest absolute Gasteiger partial charge is 0.269 e. The molecule has 0 spiro atoms. The van der Waals surface area contributed by atoms with Crippen molar-refractivity contribution in [3.8, 4) is 0 Å². The van der Waals surface area contributed by atoms with Gasteiger partial charge in [0.05, 0.1) is 11.4 Å². The van der Waals surface area contributed by atoms with E-state index in [0.29, 0.717) is 16.7 Å². The van der Waals surface area contributed by atoms with Gasteiger partial charge >= 0.3 is 0 Å². The van der Waals surface area contributed by atoms with Crippen LogP contribution in [-0.2, 0) is 11.2 Å². The van der Waals surface area contributed by atoms with Crippen molar-refractivity contribution in [1.29, 1.82) is 0 Å². The van der Waals surface area contributed by atoms with Crippen molar-refractivity contribution in [3.63, 3.8) is 0 Å². The molecule has 0 atom stereocenters. The van der Waals surface area contributed by atoms with Crippen molar-refractivity contribution in [2.75, 3.05) is 18.0 Å². The van der Waals surface area contributed by atoms with Gasteiger partial charge in [-0.1, -0.05) is 71.9 Å². The first-order valence-electron chi connectivity index (χ1n) is 10.8. The summed E-state index contributed by atoms with van der Waals surface area (Å²) in [6, 6.07) is 25.9. The first kappa shape index (κ1) is 22.1. The third-order valence-corrected chi connectivity index (χ3v) is 8.10. The molecule has 0 aromatic heterocycles. The summed E-state index contributed by atoms with van der Waals surface area (Å²) in [6.07, 6.45) is 0.759. The molecule has 166 valence electrons. The Labute approximate surface area is 207 Å². The summed E-state index contributed by atoms with van der Waals surface area (Å²) in [5, 5.41) is 2.29. The molecule has 3 aromatic carbocycles. The highest BCUT2D eigenvalue weighted by Gasteiger charge is 2.39. The van der Waals surface area contributed by atoms with E-state index in [9.17, 15) is 4.79 Å². The van der Waals surface area contributed by atoms with Crippen LogP contribution in [0, 0.1) is 0 Å².